The van der Waals surface area contributed by atoms with Crippen LogP contribution in [0.15, 0.2) is 42.6 Å². The summed E-state index contributed by atoms with van der Waals surface area (Å²) in [4.78, 5) is 2.10. The first kappa shape index (κ1) is 11.6. The molecule has 1 heterocycles. The maximum Gasteiger partial charge on any atom is 0.0553 e. The molecule has 17 heavy (non-hydrogen) atoms. The molecule has 0 aliphatic carbocycles. The molecule has 90 valence electrons. The molecule has 0 aliphatic heterocycles. The normalized spacial score (nSPS) is 10.3. The molecule has 0 spiro atoms. The molecule has 2 aromatic rings. The molecule has 0 bridgehead atoms. The van der Waals surface area contributed by atoms with Crippen LogP contribution < -0.4 is 10.2 Å². The Morgan fingerprint density at radius 1 is 1.12 bits per heavy atom. The second-order valence-corrected chi connectivity index (χ2v) is 4.41. The lowest BCUT2D eigenvalue weighted by atomic mass is 10.2. The van der Waals surface area contributed by atoms with Crippen LogP contribution >= 0.6 is 0 Å². The summed E-state index contributed by atoms with van der Waals surface area (Å²) in [5, 5.41) is 3.41. The highest BCUT2D eigenvalue weighted by molar-refractivity contribution is 5.54. The number of benzene rings is 1. The smallest absolute Gasteiger partial charge is 0.0553 e. The minimum atomic E-state index is 0.852. The van der Waals surface area contributed by atoms with Gasteiger partial charge in [0.2, 0.25) is 0 Å². The van der Waals surface area contributed by atoms with Gasteiger partial charge in [0.1, 0.15) is 0 Å². The summed E-state index contributed by atoms with van der Waals surface area (Å²) in [6.45, 7) is 0.852. The summed E-state index contributed by atoms with van der Waals surface area (Å²) in [5.74, 6) is 0. The Balaban J connectivity index is 1.98. The molecule has 1 aromatic carbocycles. The van der Waals surface area contributed by atoms with Crippen LogP contribution in [0.1, 0.15) is 5.69 Å². The molecule has 1 aromatic heterocycles. The van der Waals surface area contributed by atoms with Crippen LogP contribution in [-0.4, -0.2) is 18.7 Å². The van der Waals surface area contributed by atoms with E-state index in [4.69, 9.17) is 0 Å². The molecule has 0 unspecified atom stereocenters. The van der Waals surface area contributed by atoms with Crippen molar-refractivity contribution in [2.75, 3.05) is 24.3 Å². The standard InChI is InChI=1S/C14H19N3/c1-16(2)13-8-6-12(7-9-13)15-11-14-5-4-10-17(14)3/h4-10,15H,11H2,1-3H3. The third-order valence-corrected chi connectivity index (χ3v) is 2.91. The highest BCUT2D eigenvalue weighted by atomic mass is 15.1. The van der Waals surface area contributed by atoms with Crippen molar-refractivity contribution in [3.05, 3.63) is 48.3 Å². The maximum absolute atomic E-state index is 3.41. The Bertz CT molecular complexity index is 468. The van der Waals surface area contributed by atoms with Crippen molar-refractivity contribution in [2.24, 2.45) is 7.05 Å². The van der Waals surface area contributed by atoms with Crippen LogP contribution in [0.3, 0.4) is 0 Å². The first-order valence-electron chi connectivity index (χ1n) is 5.78. The van der Waals surface area contributed by atoms with Gasteiger partial charge in [-0.3, -0.25) is 0 Å². The number of nitrogens with one attached hydrogen (secondary N) is 1. The van der Waals surface area contributed by atoms with E-state index in [0.29, 0.717) is 0 Å². The molecule has 3 heteroatoms. The topological polar surface area (TPSA) is 20.2 Å². The van der Waals surface area contributed by atoms with E-state index in [0.717, 1.165) is 12.2 Å². The summed E-state index contributed by atoms with van der Waals surface area (Å²) in [6.07, 6.45) is 2.06. The van der Waals surface area contributed by atoms with Gasteiger partial charge in [-0.2, -0.15) is 0 Å². The third-order valence-electron chi connectivity index (χ3n) is 2.91. The van der Waals surface area contributed by atoms with Crippen LogP contribution in [-0.2, 0) is 13.6 Å². The number of rotatable bonds is 4. The lowest BCUT2D eigenvalue weighted by molar-refractivity contribution is 0.842. The molecule has 3 nitrogen and oxygen atoms in total. The number of aryl methyl sites for hydroxylation is 1. The van der Waals surface area contributed by atoms with E-state index in [1.807, 2.05) is 14.1 Å². The van der Waals surface area contributed by atoms with Crippen LogP contribution in [0.4, 0.5) is 11.4 Å². The van der Waals surface area contributed by atoms with E-state index in [1.165, 1.54) is 11.4 Å². The van der Waals surface area contributed by atoms with Crippen LogP contribution in [0, 0.1) is 0 Å². The molecule has 1 N–H and O–H groups in total. The number of anilines is 2. The summed E-state index contributed by atoms with van der Waals surface area (Å²) in [7, 11) is 6.16. The van der Waals surface area contributed by atoms with Crippen molar-refractivity contribution in [3.63, 3.8) is 0 Å². The number of aromatic nitrogens is 1. The van der Waals surface area contributed by atoms with E-state index < -0.39 is 0 Å². The molecule has 0 aliphatic rings. The second-order valence-electron chi connectivity index (χ2n) is 4.41. The van der Waals surface area contributed by atoms with E-state index in [2.05, 4.69) is 64.4 Å². The summed E-state index contributed by atoms with van der Waals surface area (Å²) in [6, 6.07) is 12.6. The Morgan fingerprint density at radius 3 is 2.35 bits per heavy atom. The van der Waals surface area contributed by atoms with Gasteiger partial charge in [0, 0.05) is 44.4 Å². The largest absolute Gasteiger partial charge is 0.379 e. The Morgan fingerprint density at radius 2 is 1.82 bits per heavy atom. The van der Waals surface area contributed by atoms with Gasteiger partial charge in [-0.05, 0) is 36.4 Å². The van der Waals surface area contributed by atoms with E-state index in [9.17, 15) is 0 Å². The molecule has 0 amide bonds. The van der Waals surface area contributed by atoms with Gasteiger partial charge in [0.05, 0.1) is 6.54 Å². The zero-order chi connectivity index (χ0) is 12.3. The average Bonchev–Trinajstić information content (AvgIpc) is 2.73. The predicted octanol–water partition coefficient (Wildman–Crippen LogP) is 2.70. The van der Waals surface area contributed by atoms with Gasteiger partial charge in [-0.1, -0.05) is 0 Å². The molecular formula is C14H19N3. The first-order valence-corrected chi connectivity index (χ1v) is 5.78. The van der Waals surface area contributed by atoms with Gasteiger partial charge < -0.3 is 14.8 Å². The first-order chi connectivity index (χ1) is 8.16. The Kier molecular flexibility index (Phi) is 3.38. The fraction of sp³-hybridized carbons (Fsp3) is 0.286. The van der Waals surface area contributed by atoms with Crippen molar-refractivity contribution in [1.82, 2.24) is 4.57 Å². The van der Waals surface area contributed by atoms with Gasteiger partial charge in [0.15, 0.2) is 0 Å². The summed E-state index contributed by atoms with van der Waals surface area (Å²) in [5.41, 5.74) is 3.65. The van der Waals surface area contributed by atoms with Crippen molar-refractivity contribution < 1.29 is 0 Å². The minimum Gasteiger partial charge on any atom is -0.379 e. The molecule has 0 saturated carbocycles. The minimum absolute atomic E-state index is 0.852. The third kappa shape index (κ3) is 2.81. The lowest BCUT2D eigenvalue weighted by Crippen LogP contribution is -2.08. The maximum atomic E-state index is 3.41. The van der Waals surface area contributed by atoms with Crippen molar-refractivity contribution >= 4 is 11.4 Å². The van der Waals surface area contributed by atoms with Crippen molar-refractivity contribution in [3.8, 4) is 0 Å². The predicted molar refractivity (Wildman–Crippen MR) is 73.5 cm³/mol. The molecule has 0 saturated heterocycles. The van der Waals surface area contributed by atoms with E-state index in [-0.39, 0.29) is 0 Å². The number of hydrogen-bond donors (Lipinski definition) is 1. The number of hydrogen-bond acceptors (Lipinski definition) is 2. The molecule has 0 fully saturated rings. The van der Waals surface area contributed by atoms with Crippen LogP contribution in [0.25, 0.3) is 0 Å². The van der Waals surface area contributed by atoms with Gasteiger partial charge in [-0.15, -0.1) is 0 Å². The molecular weight excluding hydrogens is 210 g/mol. The summed E-state index contributed by atoms with van der Waals surface area (Å²) >= 11 is 0. The Labute approximate surface area is 103 Å². The van der Waals surface area contributed by atoms with Crippen LogP contribution in [0.2, 0.25) is 0 Å². The fourth-order valence-corrected chi connectivity index (χ4v) is 1.75. The zero-order valence-corrected chi connectivity index (χ0v) is 10.6. The second kappa shape index (κ2) is 4.95. The van der Waals surface area contributed by atoms with Crippen molar-refractivity contribution in [2.45, 2.75) is 6.54 Å². The molecule has 0 radical (unpaired) electrons. The zero-order valence-electron chi connectivity index (χ0n) is 10.6. The van der Waals surface area contributed by atoms with Gasteiger partial charge in [-0.25, -0.2) is 0 Å². The Hall–Kier alpha value is -1.90. The average molecular weight is 229 g/mol. The molecule has 2 rings (SSSR count). The van der Waals surface area contributed by atoms with Crippen LogP contribution in [0.5, 0.6) is 0 Å². The fourth-order valence-electron chi connectivity index (χ4n) is 1.75. The van der Waals surface area contributed by atoms with Crippen molar-refractivity contribution in [1.29, 1.82) is 0 Å². The summed E-state index contributed by atoms with van der Waals surface area (Å²) < 4.78 is 2.13. The van der Waals surface area contributed by atoms with E-state index >= 15 is 0 Å². The molecule has 0 atom stereocenters. The monoisotopic (exact) mass is 229 g/mol. The SMILES string of the molecule is CN(C)c1ccc(NCc2cccn2C)cc1. The highest BCUT2D eigenvalue weighted by Crippen LogP contribution is 2.16. The number of nitrogens with zero attached hydrogens (tertiary/aromatic N) is 2. The van der Waals surface area contributed by atoms with E-state index in [1.54, 1.807) is 0 Å². The quantitative estimate of drug-likeness (QED) is 0.870. The lowest BCUT2D eigenvalue weighted by Gasteiger charge is -2.13. The highest BCUT2D eigenvalue weighted by Gasteiger charge is 1.98. The van der Waals surface area contributed by atoms with Gasteiger partial charge in [0.25, 0.3) is 0 Å². The van der Waals surface area contributed by atoms with Gasteiger partial charge >= 0.3 is 0 Å².